The Morgan fingerprint density at radius 3 is 2.44 bits per heavy atom. The van der Waals surface area contributed by atoms with Crippen molar-refractivity contribution in [2.24, 2.45) is 12.8 Å². The van der Waals surface area contributed by atoms with E-state index in [1.165, 1.54) is 21.5 Å². The molecule has 220 valence electrons. The fourth-order valence-electron chi connectivity index (χ4n) is 4.92. The molecule has 0 unspecified atom stereocenters. The van der Waals surface area contributed by atoms with Crippen molar-refractivity contribution >= 4 is 44.7 Å². The van der Waals surface area contributed by atoms with Gasteiger partial charge in [0, 0.05) is 53.8 Å². The van der Waals surface area contributed by atoms with Gasteiger partial charge in [-0.3, -0.25) is 19.0 Å². The molecule has 3 N–H and O–H groups in total. The highest BCUT2D eigenvalue weighted by molar-refractivity contribution is 7.21. The number of halogens is 3. The molecule has 0 aliphatic carbocycles. The molecule has 16 heteroatoms. The van der Waals surface area contributed by atoms with Crippen molar-refractivity contribution in [1.82, 2.24) is 39.1 Å². The third kappa shape index (κ3) is 4.59. The molecule has 6 aromatic heterocycles. The van der Waals surface area contributed by atoms with Gasteiger partial charge >= 0.3 is 6.18 Å². The minimum Gasteiger partial charge on any atom is -0.365 e. The Hall–Kier alpha value is -5.12. The molecular weight excluding hydrogens is 585 g/mol. The molecule has 6 aromatic rings. The molecule has 0 saturated heterocycles. The summed E-state index contributed by atoms with van der Waals surface area (Å²) >= 11 is 0.657. The van der Waals surface area contributed by atoms with Crippen LogP contribution in [-0.4, -0.2) is 51.0 Å². The van der Waals surface area contributed by atoms with Crippen molar-refractivity contribution in [3.63, 3.8) is 0 Å². The number of anilines is 1. The van der Waals surface area contributed by atoms with Crippen LogP contribution in [0.3, 0.4) is 0 Å². The second-order valence-corrected chi connectivity index (χ2v) is 10.7. The maximum Gasteiger partial charge on any atom is 0.433 e. The van der Waals surface area contributed by atoms with E-state index in [-0.39, 0.29) is 32.0 Å². The summed E-state index contributed by atoms with van der Waals surface area (Å²) in [6.45, 7) is 6.25. The molecule has 2 amide bonds. The number of nitrogens with one attached hydrogen (secondary N) is 1. The first kappa shape index (κ1) is 28.0. The van der Waals surface area contributed by atoms with Gasteiger partial charge in [0.1, 0.15) is 15.4 Å². The van der Waals surface area contributed by atoms with E-state index >= 15 is 0 Å². The van der Waals surface area contributed by atoms with E-state index in [2.05, 4.69) is 30.6 Å². The van der Waals surface area contributed by atoms with Gasteiger partial charge in [-0.1, -0.05) is 0 Å². The van der Waals surface area contributed by atoms with Gasteiger partial charge in [-0.15, -0.1) is 11.3 Å². The third-order valence-electron chi connectivity index (χ3n) is 7.21. The number of thiophene rings is 1. The SMILES string of the molecule is CCn1ncc(-c2ccnc3cc(C(=O)Nc4c(C(N)=O)sc5nc(C(F)(F)F)cc(-c6cnn(C)c6C)c45)nn23)c1C. The van der Waals surface area contributed by atoms with Gasteiger partial charge in [0.15, 0.2) is 11.3 Å². The van der Waals surface area contributed by atoms with Gasteiger partial charge in [0.2, 0.25) is 0 Å². The zero-order valence-corrected chi connectivity index (χ0v) is 24.0. The first-order chi connectivity index (χ1) is 20.4. The topological polar surface area (TPSA) is 151 Å². The molecular formula is C27H23F3N10O2S. The Morgan fingerprint density at radius 2 is 1.81 bits per heavy atom. The van der Waals surface area contributed by atoms with Gasteiger partial charge in [0.05, 0.1) is 23.8 Å². The quantitative estimate of drug-likeness (QED) is 0.280. The van der Waals surface area contributed by atoms with Crippen LogP contribution in [0.15, 0.2) is 36.8 Å². The molecule has 6 heterocycles. The Kier molecular flexibility index (Phi) is 6.52. The average molecular weight is 609 g/mol. The predicted octanol–water partition coefficient (Wildman–Crippen LogP) is 4.61. The lowest BCUT2D eigenvalue weighted by Gasteiger charge is -2.12. The minimum atomic E-state index is -4.77. The lowest BCUT2D eigenvalue weighted by molar-refractivity contribution is -0.140. The molecule has 0 atom stereocenters. The molecule has 6 rings (SSSR count). The highest BCUT2D eigenvalue weighted by Crippen LogP contribution is 2.44. The number of amides is 2. The summed E-state index contributed by atoms with van der Waals surface area (Å²) in [6, 6.07) is 4.08. The molecule has 0 bridgehead atoms. The third-order valence-corrected chi connectivity index (χ3v) is 8.31. The maximum atomic E-state index is 13.9. The number of hydrogen-bond donors (Lipinski definition) is 2. The summed E-state index contributed by atoms with van der Waals surface area (Å²) in [7, 11) is 1.65. The van der Waals surface area contributed by atoms with Crippen molar-refractivity contribution in [2.75, 3.05) is 5.32 Å². The Morgan fingerprint density at radius 1 is 1.07 bits per heavy atom. The first-order valence-corrected chi connectivity index (χ1v) is 13.7. The number of nitrogens with zero attached hydrogens (tertiary/aromatic N) is 8. The summed E-state index contributed by atoms with van der Waals surface area (Å²) in [5.74, 6) is -1.67. The van der Waals surface area contributed by atoms with Crippen molar-refractivity contribution in [1.29, 1.82) is 0 Å². The summed E-state index contributed by atoms with van der Waals surface area (Å²) in [5, 5.41) is 15.8. The van der Waals surface area contributed by atoms with E-state index < -0.39 is 23.7 Å². The van der Waals surface area contributed by atoms with E-state index in [0.29, 0.717) is 40.5 Å². The molecule has 43 heavy (non-hydrogen) atoms. The van der Waals surface area contributed by atoms with E-state index in [1.54, 1.807) is 32.4 Å². The van der Waals surface area contributed by atoms with Crippen molar-refractivity contribution in [3.8, 4) is 22.4 Å². The van der Waals surface area contributed by atoms with Gasteiger partial charge in [-0.2, -0.15) is 28.5 Å². The number of fused-ring (bicyclic) bond motifs is 2. The van der Waals surface area contributed by atoms with Crippen LogP contribution in [0.5, 0.6) is 0 Å². The lowest BCUT2D eigenvalue weighted by Crippen LogP contribution is -2.17. The highest BCUT2D eigenvalue weighted by atomic mass is 32.1. The number of rotatable bonds is 6. The van der Waals surface area contributed by atoms with E-state index in [1.807, 2.05) is 18.5 Å². The molecule has 0 saturated carbocycles. The monoisotopic (exact) mass is 608 g/mol. The summed E-state index contributed by atoms with van der Waals surface area (Å²) in [6.07, 6.45) is -0.0709. The Labute approximate surface area is 245 Å². The van der Waals surface area contributed by atoms with E-state index in [0.717, 1.165) is 17.3 Å². The number of primary amides is 1. The van der Waals surface area contributed by atoms with Crippen LogP contribution in [0.2, 0.25) is 0 Å². The van der Waals surface area contributed by atoms with Gasteiger partial charge in [-0.25, -0.2) is 14.5 Å². The second-order valence-electron chi connectivity index (χ2n) is 9.71. The van der Waals surface area contributed by atoms with Crippen LogP contribution >= 0.6 is 11.3 Å². The molecule has 0 radical (unpaired) electrons. The number of pyridine rings is 1. The van der Waals surface area contributed by atoms with Gasteiger partial charge < -0.3 is 11.1 Å². The van der Waals surface area contributed by atoms with Crippen LogP contribution in [-0.2, 0) is 19.8 Å². The number of aryl methyl sites for hydroxylation is 2. The zero-order valence-electron chi connectivity index (χ0n) is 23.2. The van der Waals surface area contributed by atoms with Crippen LogP contribution in [0.25, 0.3) is 38.2 Å². The average Bonchev–Trinajstić information content (AvgIpc) is 3.72. The molecule has 12 nitrogen and oxygen atoms in total. The van der Waals surface area contributed by atoms with Crippen LogP contribution in [0.4, 0.5) is 18.9 Å². The van der Waals surface area contributed by atoms with E-state index in [9.17, 15) is 22.8 Å². The number of hydrogen-bond acceptors (Lipinski definition) is 8. The molecule has 0 aliphatic rings. The number of carbonyl (C=O) groups excluding carboxylic acids is 2. The van der Waals surface area contributed by atoms with Crippen molar-refractivity contribution in [2.45, 2.75) is 33.5 Å². The largest absolute Gasteiger partial charge is 0.433 e. The van der Waals surface area contributed by atoms with Crippen LogP contribution < -0.4 is 11.1 Å². The Balaban J connectivity index is 1.50. The highest BCUT2D eigenvalue weighted by Gasteiger charge is 2.35. The molecule has 0 fully saturated rings. The summed E-state index contributed by atoms with van der Waals surface area (Å²) in [5.41, 5.74) is 8.10. The molecule has 0 spiro atoms. The van der Waals surface area contributed by atoms with E-state index in [4.69, 9.17) is 5.73 Å². The van der Waals surface area contributed by atoms with Crippen molar-refractivity contribution < 1.29 is 22.8 Å². The summed E-state index contributed by atoms with van der Waals surface area (Å²) < 4.78 is 46.4. The van der Waals surface area contributed by atoms with Crippen LogP contribution in [0, 0.1) is 13.8 Å². The van der Waals surface area contributed by atoms with Gasteiger partial charge in [0.25, 0.3) is 11.8 Å². The standard InChI is InChI=1S/C27H23F3N10O2S/c1-5-39-13(3)16(11-34-39)18-6-7-32-20-9-17(37-40(18)20)25(42)36-22-21-14(15-10-33-38(4)12(15)2)8-19(27(28,29)30)35-26(21)43-23(22)24(31)41/h6-11H,5H2,1-4H3,(H2,31,41)(H,36,42). The van der Waals surface area contributed by atoms with Crippen molar-refractivity contribution in [3.05, 3.63) is 64.4 Å². The molecule has 0 aromatic carbocycles. The minimum absolute atomic E-state index is 0.0470. The summed E-state index contributed by atoms with van der Waals surface area (Å²) in [4.78, 5) is 33.9. The number of carbonyl (C=O) groups is 2. The Bertz CT molecular complexity index is 2090. The van der Waals surface area contributed by atoms with Crippen LogP contribution in [0.1, 0.15) is 44.2 Å². The second kappa shape index (κ2) is 10.0. The number of aromatic nitrogens is 8. The smallest absolute Gasteiger partial charge is 0.365 e. The molecule has 0 aliphatic heterocycles. The predicted molar refractivity (Wildman–Crippen MR) is 153 cm³/mol. The lowest BCUT2D eigenvalue weighted by atomic mass is 10.0. The zero-order chi connectivity index (χ0) is 30.8. The number of alkyl halides is 3. The fourth-order valence-corrected chi connectivity index (χ4v) is 5.92. The fraction of sp³-hybridized carbons (Fsp3) is 0.222. The maximum absolute atomic E-state index is 13.9. The normalized spacial score (nSPS) is 12.0. The number of nitrogens with two attached hydrogens (primary N) is 1. The van der Waals surface area contributed by atoms with Gasteiger partial charge in [-0.05, 0) is 38.5 Å². The first-order valence-electron chi connectivity index (χ1n) is 12.9.